The van der Waals surface area contributed by atoms with Crippen molar-refractivity contribution < 1.29 is 4.43 Å². The monoisotopic (exact) mass is 285 g/mol. The second-order valence-electron chi connectivity index (χ2n) is 4.76. The number of benzene rings is 1. The predicted molar refractivity (Wildman–Crippen MR) is 84.6 cm³/mol. The highest BCUT2D eigenvalue weighted by atomic mass is 28.3. The SMILES string of the molecule is Cc1ccnc(CC=Nc2ccccc2O[SiH](C)C)n1. The Morgan fingerprint density at radius 1 is 1.25 bits per heavy atom. The quantitative estimate of drug-likeness (QED) is 0.626. The largest absolute Gasteiger partial charge is 0.546 e. The van der Waals surface area contributed by atoms with Gasteiger partial charge in [0.1, 0.15) is 17.3 Å². The fourth-order valence-electron chi connectivity index (χ4n) is 1.74. The molecule has 2 rings (SSSR count). The van der Waals surface area contributed by atoms with Crippen LogP contribution in [-0.4, -0.2) is 25.2 Å². The molecule has 0 amide bonds. The summed E-state index contributed by atoms with van der Waals surface area (Å²) in [6.07, 6.45) is 4.22. The number of para-hydroxylation sites is 2. The average molecular weight is 285 g/mol. The first kappa shape index (κ1) is 14.4. The molecule has 1 aromatic heterocycles. The number of aliphatic imine (C=N–C) groups is 1. The maximum atomic E-state index is 5.86. The number of rotatable bonds is 5. The van der Waals surface area contributed by atoms with Crippen LogP contribution in [0.1, 0.15) is 11.5 Å². The van der Waals surface area contributed by atoms with Crippen molar-refractivity contribution in [3.05, 3.63) is 48.0 Å². The number of hydrogen-bond donors (Lipinski definition) is 0. The first-order valence-electron chi connectivity index (χ1n) is 6.72. The van der Waals surface area contributed by atoms with Crippen LogP contribution < -0.4 is 4.43 Å². The van der Waals surface area contributed by atoms with E-state index in [1.807, 2.05) is 43.5 Å². The molecule has 0 saturated carbocycles. The molecule has 0 unspecified atom stereocenters. The molecule has 0 aliphatic heterocycles. The van der Waals surface area contributed by atoms with Crippen molar-refractivity contribution in [2.24, 2.45) is 4.99 Å². The first-order chi connectivity index (χ1) is 9.65. The minimum atomic E-state index is -1.12. The summed E-state index contributed by atoms with van der Waals surface area (Å²) in [5.41, 5.74) is 1.83. The lowest BCUT2D eigenvalue weighted by atomic mass is 10.3. The molecule has 1 aromatic carbocycles. The smallest absolute Gasteiger partial charge is 0.229 e. The number of nitrogens with zero attached hydrogens (tertiary/aromatic N) is 3. The average Bonchev–Trinajstić information content (AvgIpc) is 2.40. The fourth-order valence-corrected chi connectivity index (χ4v) is 2.45. The van der Waals surface area contributed by atoms with E-state index in [-0.39, 0.29) is 0 Å². The summed E-state index contributed by atoms with van der Waals surface area (Å²) in [6.45, 7) is 6.24. The van der Waals surface area contributed by atoms with Crippen molar-refractivity contribution in [2.45, 2.75) is 26.4 Å². The lowest BCUT2D eigenvalue weighted by Crippen LogP contribution is -2.11. The van der Waals surface area contributed by atoms with Crippen LogP contribution >= 0.6 is 0 Å². The second-order valence-corrected chi connectivity index (χ2v) is 7.10. The summed E-state index contributed by atoms with van der Waals surface area (Å²) in [7, 11) is -1.12. The Balaban J connectivity index is 2.08. The van der Waals surface area contributed by atoms with Crippen LogP contribution in [0.2, 0.25) is 13.1 Å². The van der Waals surface area contributed by atoms with Crippen LogP contribution in [0.4, 0.5) is 5.69 Å². The minimum absolute atomic E-state index is 0.620. The van der Waals surface area contributed by atoms with Gasteiger partial charge in [0.2, 0.25) is 9.04 Å². The minimum Gasteiger partial charge on any atom is -0.546 e. The summed E-state index contributed by atoms with van der Waals surface area (Å²) in [6, 6.07) is 9.74. The molecule has 104 valence electrons. The van der Waals surface area contributed by atoms with Crippen molar-refractivity contribution in [1.29, 1.82) is 0 Å². The van der Waals surface area contributed by atoms with Gasteiger partial charge >= 0.3 is 0 Å². The number of hydrogen-bond acceptors (Lipinski definition) is 4. The van der Waals surface area contributed by atoms with Crippen molar-refractivity contribution in [2.75, 3.05) is 0 Å². The van der Waals surface area contributed by atoms with Crippen molar-refractivity contribution in [3.8, 4) is 5.75 Å². The second kappa shape index (κ2) is 6.95. The Morgan fingerprint density at radius 3 is 2.80 bits per heavy atom. The molecule has 0 radical (unpaired) electrons. The van der Waals surface area contributed by atoms with Crippen molar-refractivity contribution in [1.82, 2.24) is 9.97 Å². The van der Waals surface area contributed by atoms with Gasteiger partial charge in [-0.3, -0.25) is 4.99 Å². The molecule has 1 heterocycles. The topological polar surface area (TPSA) is 47.4 Å². The van der Waals surface area contributed by atoms with E-state index in [1.54, 1.807) is 6.20 Å². The summed E-state index contributed by atoms with van der Waals surface area (Å²) < 4.78 is 5.86. The zero-order chi connectivity index (χ0) is 14.4. The molecule has 0 aliphatic carbocycles. The maximum Gasteiger partial charge on any atom is 0.229 e. The fraction of sp³-hybridized carbons (Fsp3) is 0.267. The standard InChI is InChI=1S/C15H19N3OSi/c1-12-8-10-17-15(18-12)9-11-16-13-6-4-5-7-14(13)19-20(2)3/h4-8,10-11,20H,9H2,1-3H3. The molecule has 5 heteroatoms. The van der Waals surface area contributed by atoms with Crippen LogP contribution in [0.5, 0.6) is 5.75 Å². The van der Waals surface area contributed by atoms with Crippen LogP contribution in [-0.2, 0) is 6.42 Å². The molecule has 2 aromatic rings. The highest BCUT2D eigenvalue weighted by molar-refractivity contribution is 6.49. The van der Waals surface area contributed by atoms with E-state index in [0.717, 1.165) is 23.0 Å². The summed E-state index contributed by atoms with van der Waals surface area (Å²) in [4.78, 5) is 13.0. The maximum absolute atomic E-state index is 5.86. The molecule has 0 atom stereocenters. The predicted octanol–water partition coefficient (Wildman–Crippen LogP) is 3.09. The Labute approximate surface area is 121 Å². The van der Waals surface area contributed by atoms with E-state index < -0.39 is 9.04 Å². The van der Waals surface area contributed by atoms with Gasteiger partial charge in [-0.1, -0.05) is 12.1 Å². The van der Waals surface area contributed by atoms with E-state index in [2.05, 4.69) is 28.1 Å². The van der Waals surface area contributed by atoms with Gasteiger partial charge in [-0.25, -0.2) is 9.97 Å². The summed E-state index contributed by atoms with van der Waals surface area (Å²) >= 11 is 0. The molecule has 0 aliphatic rings. The van der Waals surface area contributed by atoms with Gasteiger partial charge in [-0.2, -0.15) is 0 Å². The van der Waals surface area contributed by atoms with Gasteiger partial charge in [0, 0.05) is 24.5 Å². The van der Waals surface area contributed by atoms with Gasteiger partial charge in [0.25, 0.3) is 0 Å². The van der Waals surface area contributed by atoms with Crippen LogP contribution in [0, 0.1) is 6.92 Å². The zero-order valence-electron chi connectivity index (χ0n) is 12.1. The van der Waals surface area contributed by atoms with Crippen LogP contribution in [0.25, 0.3) is 0 Å². The Morgan fingerprint density at radius 2 is 2.05 bits per heavy atom. The Kier molecular flexibility index (Phi) is 5.01. The van der Waals surface area contributed by atoms with E-state index in [1.165, 1.54) is 0 Å². The summed E-state index contributed by atoms with van der Waals surface area (Å²) in [5.74, 6) is 1.64. The molecule has 0 saturated heterocycles. The molecule has 0 fully saturated rings. The molecule has 4 nitrogen and oxygen atoms in total. The van der Waals surface area contributed by atoms with Crippen LogP contribution in [0.15, 0.2) is 41.5 Å². The third kappa shape index (κ3) is 4.27. The van der Waals surface area contributed by atoms with E-state index in [9.17, 15) is 0 Å². The molecule has 0 spiro atoms. The molecular formula is C15H19N3OSi. The van der Waals surface area contributed by atoms with Gasteiger partial charge in [0.15, 0.2) is 0 Å². The highest BCUT2D eigenvalue weighted by Gasteiger charge is 2.03. The Bertz CT molecular complexity index is 599. The van der Waals surface area contributed by atoms with Gasteiger partial charge in [-0.15, -0.1) is 0 Å². The lowest BCUT2D eigenvalue weighted by molar-refractivity contribution is 0.582. The summed E-state index contributed by atoms with van der Waals surface area (Å²) in [5, 5.41) is 0. The molecule has 0 bridgehead atoms. The van der Waals surface area contributed by atoms with Crippen LogP contribution in [0.3, 0.4) is 0 Å². The van der Waals surface area contributed by atoms with Crippen molar-refractivity contribution in [3.63, 3.8) is 0 Å². The van der Waals surface area contributed by atoms with E-state index in [0.29, 0.717) is 6.42 Å². The number of aromatic nitrogens is 2. The molecule has 20 heavy (non-hydrogen) atoms. The molecular weight excluding hydrogens is 266 g/mol. The third-order valence-electron chi connectivity index (χ3n) is 2.58. The normalized spacial score (nSPS) is 11.2. The zero-order valence-corrected chi connectivity index (χ0v) is 13.2. The molecule has 0 N–H and O–H groups in total. The Hall–Kier alpha value is -2.01. The first-order valence-corrected chi connectivity index (χ1v) is 9.50. The highest BCUT2D eigenvalue weighted by Crippen LogP contribution is 2.26. The lowest BCUT2D eigenvalue weighted by Gasteiger charge is -2.11. The van der Waals surface area contributed by atoms with Crippen molar-refractivity contribution >= 4 is 20.9 Å². The third-order valence-corrected chi connectivity index (χ3v) is 3.30. The van der Waals surface area contributed by atoms with Gasteiger partial charge in [0.05, 0.1) is 0 Å². The van der Waals surface area contributed by atoms with Gasteiger partial charge in [-0.05, 0) is 38.2 Å². The van der Waals surface area contributed by atoms with E-state index >= 15 is 0 Å². The van der Waals surface area contributed by atoms with E-state index in [4.69, 9.17) is 4.43 Å². The van der Waals surface area contributed by atoms with Gasteiger partial charge < -0.3 is 4.43 Å². The number of aryl methyl sites for hydroxylation is 1.